The van der Waals surface area contributed by atoms with Crippen molar-refractivity contribution in [2.24, 2.45) is 0 Å². The first-order valence-corrected chi connectivity index (χ1v) is 6.89. The number of benzene rings is 1. The molecule has 110 valence electrons. The molecule has 0 aromatic heterocycles. The number of rotatable bonds is 1. The fourth-order valence-corrected chi connectivity index (χ4v) is 2.96. The van der Waals surface area contributed by atoms with E-state index in [9.17, 15) is 13.6 Å². The van der Waals surface area contributed by atoms with Gasteiger partial charge in [0, 0.05) is 6.08 Å². The van der Waals surface area contributed by atoms with Crippen molar-refractivity contribution in [3.8, 4) is 0 Å². The molecule has 4 rings (SSSR count). The normalized spacial score (nSPS) is 25.4. The largest absolute Gasteiger partial charge is 0.351 e. The molecule has 2 N–H and O–H groups in total. The van der Waals surface area contributed by atoms with Gasteiger partial charge in [-0.05, 0) is 12.1 Å². The lowest BCUT2D eigenvalue weighted by molar-refractivity contribution is -0.380. The zero-order chi connectivity index (χ0) is 15.3. The van der Waals surface area contributed by atoms with Crippen molar-refractivity contribution in [3.05, 3.63) is 71.7 Å². The number of halogens is 2. The maximum absolute atomic E-state index is 14.0. The van der Waals surface area contributed by atoms with E-state index in [1.165, 1.54) is 11.0 Å². The van der Waals surface area contributed by atoms with Crippen molar-refractivity contribution in [3.63, 3.8) is 0 Å². The summed E-state index contributed by atoms with van der Waals surface area (Å²) in [7, 11) is 0. The first kappa shape index (κ1) is 12.9. The van der Waals surface area contributed by atoms with Gasteiger partial charge in [-0.1, -0.05) is 24.3 Å². The third-order valence-electron chi connectivity index (χ3n) is 3.98. The van der Waals surface area contributed by atoms with Crippen LogP contribution in [0.1, 0.15) is 11.6 Å². The van der Waals surface area contributed by atoms with Crippen molar-refractivity contribution in [2.45, 2.75) is 12.1 Å². The number of allylic oxidation sites excluding steroid dienone is 2. The molecular weight excluding hydrogens is 288 g/mol. The van der Waals surface area contributed by atoms with Crippen LogP contribution in [0.5, 0.6) is 0 Å². The van der Waals surface area contributed by atoms with Gasteiger partial charge in [0.15, 0.2) is 5.82 Å². The molecule has 2 heterocycles. The Hall–Kier alpha value is -2.76. The topological polar surface area (TPSA) is 46.3 Å². The summed E-state index contributed by atoms with van der Waals surface area (Å²) in [5, 5.41) is 2.90. The summed E-state index contributed by atoms with van der Waals surface area (Å²) in [6.07, 6.45) is 9.05. The summed E-state index contributed by atoms with van der Waals surface area (Å²) in [6.45, 7) is 0. The molecule has 1 aliphatic carbocycles. The monoisotopic (exact) mass is 300 g/mol. The minimum Gasteiger partial charge on any atom is -0.351 e. The van der Waals surface area contributed by atoms with Crippen LogP contribution in [-0.4, -0.2) is 22.6 Å². The van der Waals surface area contributed by atoms with Gasteiger partial charge >= 0.3 is 0 Å². The van der Waals surface area contributed by atoms with Gasteiger partial charge in [-0.25, -0.2) is 13.8 Å². The second-order valence-corrected chi connectivity index (χ2v) is 5.24. The van der Waals surface area contributed by atoms with Crippen molar-refractivity contribution in [2.75, 3.05) is 0 Å². The molecule has 1 amide bonds. The number of nitrogens with one attached hydrogen (secondary N) is 2. The van der Waals surface area contributed by atoms with Gasteiger partial charge in [0.2, 0.25) is 11.9 Å². The summed E-state index contributed by atoms with van der Waals surface area (Å²) in [4.78, 5) is 17.3. The van der Waals surface area contributed by atoms with E-state index in [-0.39, 0.29) is 17.5 Å². The van der Waals surface area contributed by atoms with Crippen LogP contribution >= 0.6 is 0 Å². The average Bonchev–Trinajstić information content (AvgIpc) is 2.85. The molecule has 1 fully saturated rings. The van der Waals surface area contributed by atoms with E-state index in [0.717, 1.165) is 17.8 Å². The Morgan fingerprint density at radius 2 is 1.95 bits per heavy atom. The van der Waals surface area contributed by atoms with Crippen LogP contribution in [0.25, 0.3) is 0 Å². The Balaban J connectivity index is 1.76. The number of carbonyl (C=O) groups is 1. The zero-order valence-corrected chi connectivity index (χ0v) is 11.4. The van der Waals surface area contributed by atoms with Crippen LogP contribution in [-0.2, 0) is 4.79 Å². The van der Waals surface area contributed by atoms with E-state index in [1.54, 1.807) is 6.20 Å². The SMILES string of the molecule is O=C1C(c2c(F)cccc2F)NC2=C[NH+]=C3C=CC=CC3N12. The molecule has 1 aromatic rings. The quantitative estimate of drug-likeness (QED) is 0.782. The first-order chi connectivity index (χ1) is 10.7. The predicted octanol–water partition coefficient (Wildman–Crippen LogP) is 0.266. The highest BCUT2D eigenvalue weighted by atomic mass is 19.1. The first-order valence-electron chi connectivity index (χ1n) is 6.89. The molecule has 0 radical (unpaired) electrons. The van der Waals surface area contributed by atoms with Gasteiger partial charge < -0.3 is 5.32 Å². The number of hydrogen-bond acceptors (Lipinski definition) is 2. The van der Waals surface area contributed by atoms with Crippen LogP contribution in [0, 0.1) is 11.6 Å². The number of nitrogens with zero attached hydrogens (tertiary/aromatic N) is 1. The minimum atomic E-state index is -1.06. The maximum atomic E-state index is 14.0. The zero-order valence-electron chi connectivity index (χ0n) is 11.4. The van der Waals surface area contributed by atoms with E-state index in [4.69, 9.17) is 0 Å². The third kappa shape index (κ3) is 1.73. The molecule has 4 nitrogen and oxygen atoms in total. The third-order valence-corrected chi connectivity index (χ3v) is 3.98. The van der Waals surface area contributed by atoms with E-state index in [0.29, 0.717) is 5.82 Å². The molecule has 0 spiro atoms. The number of fused-ring (bicyclic) bond motifs is 3. The minimum absolute atomic E-state index is 0.250. The van der Waals surface area contributed by atoms with Crippen molar-refractivity contribution in [1.82, 2.24) is 10.2 Å². The number of hydrogen-bond donors (Lipinski definition) is 2. The van der Waals surface area contributed by atoms with Gasteiger partial charge in [-0.2, -0.15) is 0 Å². The molecule has 0 bridgehead atoms. The average molecular weight is 300 g/mol. The molecule has 0 saturated carbocycles. The lowest BCUT2D eigenvalue weighted by Crippen LogP contribution is -2.74. The van der Waals surface area contributed by atoms with Crippen LogP contribution in [0.3, 0.4) is 0 Å². The number of amides is 1. The molecule has 1 saturated heterocycles. The second-order valence-electron chi connectivity index (χ2n) is 5.24. The van der Waals surface area contributed by atoms with Crippen LogP contribution in [0.2, 0.25) is 0 Å². The Kier molecular flexibility index (Phi) is 2.72. The van der Waals surface area contributed by atoms with E-state index in [2.05, 4.69) is 10.3 Å². The highest BCUT2D eigenvalue weighted by Crippen LogP contribution is 2.32. The lowest BCUT2D eigenvalue weighted by atomic mass is 10.0. The van der Waals surface area contributed by atoms with Crippen molar-refractivity contribution in [1.29, 1.82) is 0 Å². The van der Waals surface area contributed by atoms with E-state index in [1.807, 2.05) is 24.3 Å². The molecule has 22 heavy (non-hydrogen) atoms. The van der Waals surface area contributed by atoms with Crippen LogP contribution < -0.4 is 10.3 Å². The fourth-order valence-electron chi connectivity index (χ4n) is 2.96. The second kappa shape index (κ2) is 4.62. The van der Waals surface area contributed by atoms with Crippen LogP contribution in [0.4, 0.5) is 8.78 Å². The predicted molar refractivity (Wildman–Crippen MR) is 75.2 cm³/mol. The lowest BCUT2D eigenvalue weighted by Gasteiger charge is -2.25. The Morgan fingerprint density at radius 1 is 1.18 bits per heavy atom. The smallest absolute Gasteiger partial charge is 0.256 e. The van der Waals surface area contributed by atoms with Gasteiger partial charge in [-0.15, -0.1) is 0 Å². The molecule has 2 aliphatic heterocycles. The molecule has 2 unspecified atom stereocenters. The summed E-state index contributed by atoms with van der Waals surface area (Å²) < 4.78 is 27.9. The molecule has 6 heteroatoms. The molecule has 3 aliphatic rings. The Bertz CT molecular complexity index is 774. The summed E-state index contributed by atoms with van der Waals surface area (Å²) in [5.41, 5.74) is 0.593. The molecule has 1 aromatic carbocycles. The van der Waals surface area contributed by atoms with Gasteiger partial charge in [0.1, 0.15) is 23.7 Å². The summed E-state index contributed by atoms with van der Waals surface area (Å²) in [5.74, 6) is -1.34. The van der Waals surface area contributed by atoms with Gasteiger partial charge in [0.05, 0.1) is 5.56 Å². The highest BCUT2D eigenvalue weighted by molar-refractivity contribution is 6.02. The highest BCUT2D eigenvalue weighted by Gasteiger charge is 2.46. The van der Waals surface area contributed by atoms with Gasteiger partial charge in [-0.3, -0.25) is 9.69 Å². The Morgan fingerprint density at radius 3 is 2.73 bits per heavy atom. The Labute approximate surface area is 125 Å². The summed E-state index contributed by atoms with van der Waals surface area (Å²) >= 11 is 0. The van der Waals surface area contributed by atoms with E-state index < -0.39 is 17.7 Å². The fraction of sp³-hybridized carbons (Fsp3) is 0.125. The maximum Gasteiger partial charge on any atom is 0.256 e. The summed E-state index contributed by atoms with van der Waals surface area (Å²) in [6, 6.07) is 2.23. The number of carbonyl (C=O) groups excluding carboxylic acids is 1. The standard InChI is InChI=1S/C16H11F2N3O/c17-9-4-3-5-10(18)14(9)15-16(22)21-12-7-2-1-6-11(12)19-8-13(21)20-15/h1-8,12,15,20H/p+1. The van der Waals surface area contributed by atoms with Crippen LogP contribution in [0.15, 0.2) is 54.5 Å². The van der Waals surface area contributed by atoms with Gasteiger partial charge in [0.25, 0.3) is 5.91 Å². The molecular formula is C16H12F2N3O+. The van der Waals surface area contributed by atoms with Crippen molar-refractivity contribution < 1.29 is 18.6 Å². The molecule has 2 atom stereocenters. The van der Waals surface area contributed by atoms with Crippen molar-refractivity contribution >= 4 is 11.6 Å². The van der Waals surface area contributed by atoms with E-state index >= 15 is 0 Å².